The van der Waals surface area contributed by atoms with Crippen LogP contribution in [0.2, 0.25) is 5.02 Å². The van der Waals surface area contributed by atoms with Crippen LogP contribution in [0.25, 0.3) is 0 Å². The Morgan fingerprint density at radius 3 is 2.88 bits per heavy atom. The second kappa shape index (κ2) is 7.67. The molecule has 0 fully saturated rings. The number of nitrogens with zero attached hydrogens (tertiary/aromatic N) is 4. The molecule has 0 amide bonds. The van der Waals surface area contributed by atoms with Crippen LogP contribution < -0.4 is 10.6 Å². The number of anilines is 1. The van der Waals surface area contributed by atoms with Gasteiger partial charge in [0.1, 0.15) is 0 Å². The van der Waals surface area contributed by atoms with Gasteiger partial charge in [-0.15, -0.1) is 0 Å². The standard InChI is InChI=1S/C17H19ClN6S/c1-12-6-16(23(2)22-12)9-19-17(25)21-15-8-20-24(11-15)10-13-4-3-5-14(18)7-13/h3-8,11H,9-10H2,1-2H3,(H2,19,21,25). The molecule has 2 heterocycles. The second-order valence-corrected chi connectivity index (χ2v) is 6.61. The largest absolute Gasteiger partial charge is 0.357 e. The van der Waals surface area contributed by atoms with E-state index in [9.17, 15) is 0 Å². The molecule has 1 aromatic carbocycles. The van der Waals surface area contributed by atoms with Gasteiger partial charge >= 0.3 is 0 Å². The van der Waals surface area contributed by atoms with E-state index in [0.717, 1.165) is 27.7 Å². The van der Waals surface area contributed by atoms with Crippen LogP contribution in [0.4, 0.5) is 5.69 Å². The Morgan fingerprint density at radius 1 is 1.32 bits per heavy atom. The van der Waals surface area contributed by atoms with Gasteiger partial charge in [-0.3, -0.25) is 9.36 Å². The summed E-state index contributed by atoms with van der Waals surface area (Å²) in [5, 5.41) is 16.2. The van der Waals surface area contributed by atoms with Gasteiger partial charge in [0.15, 0.2) is 5.11 Å². The van der Waals surface area contributed by atoms with Crippen molar-refractivity contribution in [2.75, 3.05) is 5.32 Å². The summed E-state index contributed by atoms with van der Waals surface area (Å²) in [5.74, 6) is 0. The van der Waals surface area contributed by atoms with E-state index in [2.05, 4.69) is 20.8 Å². The molecule has 0 aliphatic carbocycles. The molecule has 0 aliphatic heterocycles. The Morgan fingerprint density at radius 2 is 2.16 bits per heavy atom. The van der Waals surface area contributed by atoms with Crippen molar-refractivity contribution in [3.8, 4) is 0 Å². The summed E-state index contributed by atoms with van der Waals surface area (Å²) < 4.78 is 3.68. The molecule has 0 aliphatic rings. The van der Waals surface area contributed by atoms with Crippen LogP contribution in [0.15, 0.2) is 42.7 Å². The van der Waals surface area contributed by atoms with Crippen LogP contribution >= 0.6 is 23.8 Å². The highest BCUT2D eigenvalue weighted by Gasteiger charge is 2.05. The van der Waals surface area contributed by atoms with E-state index in [0.29, 0.717) is 18.2 Å². The van der Waals surface area contributed by atoms with Crippen LogP contribution in [-0.4, -0.2) is 24.7 Å². The highest BCUT2D eigenvalue weighted by molar-refractivity contribution is 7.80. The summed E-state index contributed by atoms with van der Waals surface area (Å²) in [6, 6.07) is 9.76. The summed E-state index contributed by atoms with van der Waals surface area (Å²) in [6.07, 6.45) is 3.65. The number of halogens is 1. The van der Waals surface area contributed by atoms with Gasteiger partial charge in [-0.25, -0.2) is 0 Å². The SMILES string of the molecule is Cc1cc(CNC(=S)Nc2cnn(Cc3cccc(Cl)c3)c2)n(C)n1. The molecule has 0 spiro atoms. The summed E-state index contributed by atoms with van der Waals surface area (Å²) in [5.41, 5.74) is 3.98. The van der Waals surface area contributed by atoms with E-state index in [-0.39, 0.29) is 0 Å². The monoisotopic (exact) mass is 374 g/mol. The average molecular weight is 375 g/mol. The topological polar surface area (TPSA) is 59.7 Å². The van der Waals surface area contributed by atoms with E-state index >= 15 is 0 Å². The third-order valence-electron chi connectivity index (χ3n) is 3.65. The highest BCUT2D eigenvalue weighted by atomic mass is 35.5. The van der Waals surface area contributed by atoms with Gasteiger partial charge in [0.25, 0.3) is 0 Å². The molecule has 3 rings (SSSR count). The van der Waals surface area contributed by atoms with Crippen LogP contribution in [0, 0.1) is 6.92 Å². The average Bonchev–Trinajstić information content (AvgIpc) is 3.11. The third-order valence-corrected chi connectivity index (χ3v) is 4.14. The molecule has 3 aromatic rings. The predicted molar refractivity (Wildman–Crippen MR) is 104 cm³/mol. The van der Waals surface area contributed by atoms with Gasteiger partial charge in [-0.2, -0.15) is 10.2 Å². The Kier molecular flexibility index (Phi) is 5.35. The predicted octanol–water partition coefficient (Wildman–Crippen LogP) is 3.11. The first-order valence-electron chi connectivity index (χ1n) is 7.81. The smallest absolute Gasteiger partial charge is 0.171 e. The Bertz CT molecular complexity index is 885. The van der Waals surface area contributed by atoms with Crippen LogP contribution in [-0.2, 0) is 20.1 Å². The first kappa shape index (κ1) is 17.4. The lowest BCUT2D eigenvalue weighted by atomic mass is 10.2. The zero-order valence-corrected chi connectivity index (χ0v) is 15.6. The fourth-order valence-electron chi connectivity index (χ4n) is 2.51. The minimum Gasteiger partial charge on any atom is -0.357 e. The van der Waals surface area contributed by atoms with Gasteiger partial charge in [0.05, 0.1) is 36.4 Å². The molecule has 130 valence electrons. The molecule has 25 heavy (non-hydrogen) atoms. The Hall–Kier alpha value is -2.38. The Labute approximate surface area is 156 Å². The van der Waals surface area contributed by atoms with E-state index < -0.39 is 0 Å². The molecule has 2 N–H and O–H groups in total. The number of hydrogen-bond acceptors (Lipinski definition) is 3. The first-order valence-corrected chi connectivity index (χ1v) is 8.59. The minimum absolute atomic E-state index is 0.543. The van der Waals surface area contributed by atoms with Crippen molar-refractivity contribution in [2.45, 2.75) is 20.0 Å². The van der Waals surface area contributed by atoms with Crippen molar-refractivity contribution in [3.05, 3.63) is 64.7 Å². The van der Waals surface area contributed by atoms with Gasteiger partial charge in [0, 0.05) is 18.3 Å². The lowest BCUT2D eigenvalue weighted by molar-refractivity contribution is 0.687. The maximum Gasteiger partial charge on any atom is 0.171 e. The lowest BCUT2D eigenvalue weighted by Gasteiger charge is -2.09. The zero-order chi connectivity index (χ0) is 17.8. The first-order chi connectivity index (χ1) is 12.0. The highest BCUT2D eigenvalue weighted by Crippen LogP contribution is 2.13. The van der Waals surface area contributed by atoms with Crippen molar-refractivity contribution < 1.29 is 0 Å². The maximum absolute atomic E-state index is 6.01. The van der Waals surface area contributed by atoms with Crippen LogP contribution in [0.5, 0.6) is 0 Å². The maximum atomic E-state index is 6.01. The fourth-order valence-corrected chi connectivity index (χ4v) is 2.92. The summed E-state index contributed by atoms with van der Waals surface area (Å²) >= 11 is 11.3. The molecule has 0 atom stereocenters. The summed E-state index contributed by atoms with van der Waals surface area (Å²) in [7, 11) is 1.92. The number of thiocarbonyl (C=S) groups is 1. The van der Waals surface area contributed by atoms with Crippen LogP contribution in [0.1, 0.15) is 17.0 Å². The van der Waals surface area contributed by atoms with Gasteiger partial charge in [0.2, 0.25) is 0 Å². The van der Waals surface area contributed by atoms with Crippen molar-refractivity contribution in [2.24, 2.45) is 7.05 Å². The van der Waals surface area contributed by atoms with Crippen molar-refractivity contribution in [3.63, 3.8) is 0 Å². The third kappa shape index (κ3) is 4.80. The van der Waals surface area contributed by atoms with Crippen molar-refractivity contribution in [1.29, 1.82) is 0 Å². The minimum atomic E-state index is 0.543. The Balaban J connectivity index is 1.54. The molecule has 0 bridgehead atoms. The molecule has 0 radical (unpaired) electrons. The van der Waals surface area contributed by atoms with Crippen LogP contribution in [0.3, 0.4) is 0 Å². The molecule has 0 saturated carbocycles. The number of aromatic nitrogens is 4. The second-order valence-electron chi connectivity index (χ2n) is 5.76. The molecule has 6 nitrogen and oxygen atoms in total. The van der Waals surface area contributed by atoms with E-state index in [1.807, 2.05) is 59.9 Å². The van der Waals surface area contributed by atoms with E-state index in [4.69, 9.17) is 23.8 Å². The molecular weight excluding hydrogens is 356 g/mol. The quantitative estimate of drug-likeness (QED) is 0.672. The van der Waals surface area contributed by atoms with Gasteiger partial charge < -0.3 is 10.6 Å². The lowest BCUT2D eigenvalue weighted by Crippen LogP contribution is -2.28. The normalized spacial score (nSPS) is 10.7. The summed E-state index contributed by atoms with van der Waals surface area (Å²) in [4.78, 5) is 0. The number of aryl methyl sites for hydroxylation is 2. The molecular formula is C17H19ClN6S. The number of benzene rings is 1. The van der Waals surface area contributed by atoms with Gasteiger partial charge in [-0.1, -0.05) is 23.7 Å². The van der Waals surface area contributed by atoms with E-state index in [1.54, 1.807) is 6.20 Å². The number of hydrogen-bond donors (Lipinski definition) is 2. The zero-order valence-electron chi connectivity index (χ0n) is 14.0. The van der Waals surface area contributed by atoms with Crippen molar-refractivity contribution in [1.82, 2.24) is 24.9 Å². The fraction of sp³-hybridized carbons (Fsp3) is 0.235. The molecule has 0 unspecified atom stereocenters. The molecule has 0 saturated heterocycles. The number of rotatable bonds is 5. The summed E-state index contributed by atoms with van der Waals surface area (Å²) in [6.45, 7) is 3.23. The molecule has 2 aromatic heterocycles. The van der Waals surface area contributed by atoms with E-state index in [1.165, 1.54) is 0 Å². The molecule has 8 heteroatoms. The van der Waals surface area contributed by atoms with Crippen molar-refractivity contribution >= 4 is 34.6 Å². The number of nitrogens with one attached hydrogen (secondary N) is 2. The van der Waals surface area contributed by atoms with Gasteiger partial charge in [-0.05, 0) is 42.9 Å².